The summed E-state index contributed by atoms with van der Waals surface area (Å²) in [5, 5.41) is 14.3. The largest absolute Gasteiger partial charge is 0.494 e. The van der Waals surface area contributed by atoms with Gasteiger partial charge in [-0.15, -0.1) is 0 Å². The van der Waals surface area contributed by atoms with Crippen LogP contribution in [0.1, 0.15) is 20.8 Å². The minimum absolute atomic E-state index is 0.0695. The molecule has 1 unspecified atom stereocenters. The predicted molar refractivity (Wildman–Crippen MR) is 82.2 cm³/mol. The van der Waals surface area contributed by atoms with Crippen LogP contribution in [0.25, 0.3) is 0 Å². The summed E-state index contributed by atoms with van der Waals surface area (Å²) < 4.78 is 10.3. The van der Waals surface area contributed by atoms with E-state index in [9.17, 15) is 10.1 Å². The van der Waals surface area contributed by atoms with Crippen LogP contribution in [0, 0.1) is 10.1 Å². The molecule has 0 radical (unpaired) electrons. The minimum atomic E-state index is -0.487. The van der Waals surface area contributed by atoms with Crippen molar-refractivity contribution in [1.29, 1.82) is 0 Å². The van der Waals surface area contributed by atoms with Gasteiger partial charge in [0, 0.05) is 6.07 Å². The molecular weight excluding hydrogens is 274 g/mol. The highest BCUT2D eigenvalue weighted by Crippen LogP contribution is 2.37. The smallest absolute Gasteiger partial charge is 0.314 e. The van der Waals surface area contributed by atoms with Gasteiger partial charge in [-0.2, -0.15) is 0 Å². The lowest BCUT2D eigenvalue weighted by Crippen LogP contribution is -2.38. The van der Waals surface area contributed by atoms with Crippen LogP contribution in [0.4, 0.5) is 11.4 Å². The van der Waals surface area contributed by atoms with Gasteiger partial charge >= 0.3 is 5.69 Å². The van der Waals surface area contributed by atoms with E-state index in [0.29, 0.717) is 11.4 Å². The average molecular weight is 297 g/mol. The van der Waals surface area contributed by atoms with Gasteiger partial charge in [0.1, 0.15) is 5.75 Å². The van der Waals surface area contributed by atoms with Crippen LogP contribution in [0.3, 0.4) is 0 Å². The van der Waals surface area contributed by atoms with Crippen LogP contribution >= 0.6 is 0 Å². The molecule has 21 heavy (non-hydrogen) atoms. The normalized spacial score (nSPS) is 12.1. The van der Waals surface area contributed by atoms with Gasteiger partial charge in [0.2, 0.25) is 0 Å². The van der Waals surface area contributed by atoms with Crippen molar-refractivity contribution in [3.05, 3.63) is 22.2 Å². The van der Waals surface area contributed by atoms with Crippen LogP contribution in [0.2, 0.25) is 0 Å². The predicted octanol–water partition coefficient (Wildman–Crippen LogP) is 2.71. The summed E-state index contributed by atoms with van der Waals surface area (Å²) in [4.78, 5) is 12.8. The third-order valence-electron chi connectivity index (χ3n) is 3.42. The van der Waals surface area contributed by atoms with E-state index >= 15 is 0 Å². The van der Waals surface area contributed by atoms with Crippen LogP contribution in [-0.2, 0) is 0 Å². The van der Waals surface area contributed by atoms with Crippen LogP contribution in [0.15, 0.2) is 12.1 Å². The van der Waals surface area contributed by atoms with Crippen LogP contribution < -0.4 is 14.8 Å². The van der Waals surface area contributed by atoms with Gasteiger partial charge in [-0.1, -0.05) is 13.8 Å². The number of rotatable bonds is 8. The summed E-state index contributed by atoms with van der Waals surface area (Å²) in [5.74, 6) is 0.622. The first-order valence-electron chi connectivity index (χ1n) is 6.89. The Morgan fingerprint density at radius 3 is 2.24 bits per heavy atom. The zero-order valence-corrected chi connectivity index (χ0v) is 13.2. The van der Waals surface area contributed by atoms with Crippen molar-refractivity contribution < 1.29 is 14.4 Å². The first-order chi connectivity index (χ1) is 9.98. The molecule has 118 valence electrons. The average Bonchev–Trinajstić information content (AvgIpc) is 2.47. The molecule has 0 aliphatic heterocycles. The lowest BCUT2D eigenvalue weighted by atomic mass is 10.2. The fourth-order valence-electron chi connectivity index (χ4n) is 2.22. The monoisotopic (exact) mass is 297 g/mol. The Morgan fingerprint density at radius 1 is 1.24 bits per heavy atom. The molecule has 0 spiro atoms. The quantitative estimate of drug-likeness (QED) is 0.451. The maximum atomic E-state index is 11.0. The molecule has 0 heterocycles. The molecule has 0 saturated heterocycles. The summed E-state index contributed by atoms with van der Waals surface area (Å²) >= 11 is 0. The summed E-state index contributed by atoms with van der Waals surface area (Å²) in [6.07, 6.45) is 0.0695. The van der Waals surface area contributed by atoms with Gasteiger partial charge in [0.25, 0.3) is 0 Å². The molecule has 1 aromatic carbocycles. The Balaban J connectivity index is 3.14. The zero-order chi connectivity index (χ0) is 16.0. The van der Waals surface area contributed by atoms with Crippen molar-refractivity contribution in [2.24, 2.45) is 0 Å². The number of methoxy groups -OCH3 is 2. The van der Waals surface area contributed by atoms with E-state index in [1.54, 1.807) is 6.07 Å². The molecule has 1 N–H and O–H groups in total. The molecule has 0 aromatic heterocycles. The van der Waals surface area contributed by atoms with Gasteiger partial charge in [0.05, 0.1) is 37.1 Å². The van der Waals surface area contributed by atoms with Crippen molar-refractivity contribution >= 4 is 11.4 Å². The maximum Gasteiger partial charge on any atom is 0.314 e. The first-order valence-corrected chi connectivity index (χ1v) is 6.89. The minimum Gasteiger partial charge on any atom is -0.494 e. The van der Waals surface area contributed by atoms with Gasteiger partial charge in [-0.05, 0) is 20.0 Å². The highest BCUT2D eigenvalue weighted by Gasteiger charge is 2.21. The molecule has 0 bridgehead atoms. The highest BCUT2D eigenvalue weighted by molar-refractivity contribution is 5.67. The van der Waals surface area contributed by atoms with Gasteiger partial charge < -0.3 is 14.8 Å². The summed E-state index contributed by atoms with van der Waals surface area (Å²) in [6.45, 7) is 7.99. The number of ether oxygens (including phenoxy) is 2. The van der Waals surface area contributed by atoms with Gasteiger partial charge in [-0.3, -0.25) is 15.0 Å². The number of hydrogen-bond donors (Lipinski definition) is 1. The van der Waals surface area contributed by atoms with E-state index in [4.69, 9.17) is 9.47 Å². The number of nitrogens with one attached hydrogen (secondary N) is 1. The van der Waals surface area contributed by atoms with Gasteiger partial charge in [-0.25, -0.2) is 0 Å². The van der Waals surface area contributed by atoms with E-state index in [2.05, 4.69) is 24.1 Å². The lowest BCUT2D eigenvalue weighted by molar-refractivity contribution is -0.385. The third-order valence-corrected chi connectivity index (χ3v) is 3.42. The molecule has 7 nitrogen and oxygen atoms in total. The zero-order valence-electron chi connectivity index (χ0n) is 13.2. The second kappa shape index (κ2) is 7.68. The molecule has 7 heteroatoms. The summed E-state index contributed by atoms with van der Waals surface area (Å²) in [7, 11) is 2.89. The first kappa shape index (κ1) is 17.0. The molecule has 0 aliphatic rings. The Kier molecular flexibility index (Phi) is 6.23. The second-order valence-corrected chi connectivity index (χ2v) is 4.52. The molecule has 0 saturated carbocycles. The van der Waals surface area contributed by atoms with E-state index in [1.165, 1.54) is 20.3 Å². The van der Waals surface area contributed by atoms with Crippen molar-refractivity contribution in [2.45, 2.75) is 26.9 Å². The highest BCUT2D eigenvalue weighted by atomic mass is 16.6. The summed E-state index contributed by atoms with van der Waals surface area (Å²) in [6, 6.07) is 2.97. The third kappa shape index (κ3) is 3.98. The molecule has 1 aromatic rings. The molecular formula is C14H23N3O4. The molecule has 0 aliphatic carbocycles. The Morgan fingerprint density at radius 2 is 1.81 bits per heavy atom. The van der Waals surface area contributed by atoms with Crippen molar-refractivity contribution in [2.75, 3.05) is 32.6 Å². The maximum absolute atomic E-state index is 11.0. The van der Waals surface area contributed by atoms with Crippen molar-refractivity contribution in [3.63, 3.8) is 0 Å². The van der Waals surface area contributed by atoms with Gasteiger partial charge in [0.15, 0.2) is 5.75 Å². The summed E-state index contributed by atoms with van der Waals surface area (Å²) in [5.41, 5.74) is 0.551. The number of anilines is 1. The number of nitro groups is 1. The molecule has 1 rings (SSSR count). The fraction of sp³-hybridized carbons (Fsp3) is 0.571. The lowest BCUT2D eigenvalue weighted by Gasteiger charge is -2.28. The Labute approximate surface area is 125 Å². The van der Waals surface area contributed by atoms with E-state index in [0.717, 1.165) is 13.1 Å². The Bertz CT molecular complexity index is 489. The number of benzene rings is 1. The van der Waals surface area contributed by atoms with E-state index in [-0.39, 0.29) is 17.6 Å². The van der Waals surface area contributed by atoms with E-state index in [1.807, 2.05) is 6.92 Å². The number of nitro benzene ring substituents is 1. The fourth-order valence-corrected chi connectivity index (χ4v) is 2.22. The number of hydrogen-bond acceptors (Lipinski definition) is 6. The SMILES string of the molecule is CCN(CC)C(C)Nc1cc(OC)c([N+](=O)[O-])cc1OC. The standard InChI is InChI=1S/C14H23N3O4/c1-6-16(7-2)10(3)15-11-8-14(21-5)12(17(18)19)9-13(11)20-4/h8-10,15H,6-7H2,1-5H3. The van der Waals surface area contributed by atoms with Crippen molar-refractivity contribution in [1.82, 2.24) is 4.90 Å². The number of nitrogens with zero attached hydrogens (tertiary/aromatic N) is 2. The molecule has 0 amide bonds. The van der Waals surface area contributed by atoms with Crippen LogP contribution in [0.5, 0.6) is 11.5 Å². The van der Waals surface area contributed by atoms with E-state index < -0.39 is 4.92 Å². The topological polar surface area (TPSA) is 76.9 Å². The van der Waals surface area contributed by atoms with Crippen molar-refractivity contribution in [3.8, 4) is 11.5 Å². The molecule has 1 atom stereocenters. The van der Waals surface area contributed by atoms with Crippen LogP contribution in [-0.4, -0.2) is 43.3 Å². The second-order valence-electron chi connectivity index (χ2n) is 4.52. The Hall–Kier alpha value is -2.02. The molecule has 0 fully saturated rings.